The van der Waals surface area contributed by atoms with Crippen molar-refractivity contribution < 1.29 is 42.9 Å². The molecule has 1 aromatic rings. The van der Waals surface area contributed by atoms with Crippen LogP contribution in [-0.4, -0.2) is 30.6 Å². The van der Waals surface area contributed by atoms with E-state index in [0.717, 1.165) is 0 Å². The molecule has 0 aliphatic rings. The Hall–Kier alpha value is -1.05. The van der Waals surface area contributed by atoms with Gasteiger partial charge in [0.15, 0.2) is 0 Å². The second kappa shape index (κ2) is 6.77. The van der Waals surface area contributed by atoms with Crippen molar-refractivity contribution in [3.05, 3.63) is 35.9 Å². The molecule has 0 saturated heterocycles. The maximum absolute atomic E-state index is 10.2. The molecule has 0 unspecified atom stereocenters. The van der Waals surface area contributed by atoms with E-state index in [1.807, 2.05) is 0 Å². The van der Waals surface area contributed by atoms with E-state index in [9.17, 15) is 13.9 Å². The van der Waals surface area contributed by atoms with Crippen LogP contribution in [0.4, 0.5) is 0 Å². The quantitative estimate of drug-likeness (QED) is 0.502. The van der Waals surface area contributed by atoms with Crippen LogP contribution in [0.3, 0.4) is 0 Å². The Morgan fingerprint density at radius 1 is 0.944 bits per heavy atom. The Morgan fingerprint density at radius 2 is 1.33 bits per heavy atom. The summed E-state index contributed by atoms with van der Waals surface area (Å²) in [5.41, 5.74) is 0.331. The van der Waals surface area contributed by atoms with E-state index in [0.29, 0.717) is 5.56 Å². The third kappa shape index (κ3) is 10.1. The van der Waals surface area contributed by atoms with Gasteiger partial charge in [-0.05, 0) is 12.1 Å². The number of carbonyl (C=O) groups is 1. The van der Waals surface area contributed by atoms with Crippen LogP contribution in [-0.2, 0) is 13.4 Å². The molecule has 1 aromatic carbocycles. The van der Waals surface area contributed by atoms with E-state index in [1.54, 1.807) is 30.3 Å². The Morgan fingerprint density at radius 3 is 1.50 bits per heavy atom. The summed E-state index contributed by atoms with van der Waals surface area (Å²) in [7, 11) is -10.1. The summed E-state index contributed by atoms with van der Waals surface area (Å²) in [6.07, 6.45) is 0. The summed E-state index contributed by atoms with van der Waals surface area (Å²) in [5.74, 6) is -0.879. The van der Waals surface area contributed by atoms with Gasteiger partial charge < -0.3 is 24.7 Å². The molecule has 0 spiro atoms. The number of carboxylic acids is 1. The first-order valence-electron chi connectivity index (χ1n) is 4.12. The highest BCUT2D eigenvalue weighted by atomic mass is 31.3. The average molecular weight is 300 g/mol. The molecule has 0 aliphatic heterocycles. The molecular formula is C7H10O9P2. The van der Waals surface area contributed by atoms with Gasteiger partial charge in [-0.15, -0.1) is 0 Å². The number of hydrogen-bond donors (Lipinski definition) is 5. The minimum absolute atomic E-state index is 0.331. The third-order valence-electron chi connectivity index (χ3n) is 1.23. The summed E-state index contributed by atoms with van der Waals surface area (Å²) in [6.45, 7) is 0. The lowest BCUT2D eigenvalue weighted by Crippen LogP contribution is -1.93. The van der Waals surface area contributed by atoms with Crippen LogP contribution in [0.2, 0.25) is 0 Å². The van der Waals surface area contributed by atoms with Gasteiger partial charge in [0, 0.05) is 0 Å². The van der Waals surface area contributed by atoms with E-state index in [1.165, 1.54) is 0 Å². The smallest absolute Gasteiger partial charge is 0.478 e. The van der Waals surface area contributed by atoms with Crippen molar-refractivity contribution in [2.75, 3.05) is 0 Å². The monoisotopic (exact) mass is 300 g/mol. The van der Waals surface area contributed by atoms with Crippen molar-refractivity contribution in [1.82, 2.24) is 0 Å². The Labute approximate surface area is 101 Å². The fourth-order valence-corrected chi connectivity index (χ4v) is 1.83. The van der Waals surface area contributed by atoms with E-state index in [2.05, 4.69) is 4.31 Å². The molecule has 9 nitrogen and oxygen atoms in total. The van der Waals surface area contributed by atoms with E-state index < -0.39 is 21.6 Å². The Bertz CT molecular complexity index is 453. The van der Waals surface area contributed by atoms with Crippen LogP contribution in [0.5, 0.6) is 0 Å². The van der Waals surface area contributed by atoms with Crippen molar-refractivity contribution in [3.63, 3.8) is 0 Å². The molecule has 18 heavy (non-hydrogen) atoms. The SMILES string of the molecule is O=C(O)c1ccccc1.O=P(O)(O)OP(=O)(O)O. The summed E-state index contributed by atoms with van der Waals surface area (Å²) < 4.78 is 22.2. The van der Waals surface area contributed by atoms with Crippen LogP contribution in [0.25, 0.3) is 0 Å². The zero-order chi connectivity index (χ0) is 14.4. The van der Waals surface area contributed by atoms with Crippen LogP contribution in [0.1, 0.15) is 10.4 Å². The molecule has 0 atom stereocenters. The third-order valence-corrected chi connectivity index (χ3v) is 2.94. The first kappa shape index (κ1) is 16.9. The highest BCUT2D eigenvalue weighted by molar-refractivity contribution is 7.60. The number of rotatable bonds is 3. The molecule has 0 fully saturated rings. The van der Waals surface area contributed by atoms with Gasteiger partial charge in [0.25, 0.3) is 0 Å². The normalized spacial score (nSPS) is 11.3. The fraction of sp³-hybridized carbons (Fsp3) is 0. The van der Waals surface area contributed by atoms with Gasteiger partial charge >= 0.3 is 21.6 Å². The van der Waals surface area contributed by atoms with Gasteiger partial charge in [-0.2, -0.15) is 4.31 Å². The van der Waals surface area contributed by atoms with Crippen molar-refractivity contribution in [2.24, 2.45) is 0 Å². The van der Waals surface area contributed by atoms with Gasteiger partial charge in [0.05, 0.1) is 5.56 Å². The molecule has 102 valence electrons. The van der Waals surface area contributed by atoms with Gasteiger partial charge in [-0.25, -0.2) is 13.9 Å². The van der Waals surface area contributed by atoms with Crippen LogP contribution >= 0.6 is 15.6 Å². The molecule has 0 aromatic heterocycles. The van der Waals surface area contributed by atoms with Gasteiger partial charge in [0.1, 0.15) is 0 Å². The van der Waals surface area contributed by atoms with Crippen molar-refractivity contribution in [1.29, 1.82) is 0 Å². The van der Waals surface area contributed by atoms with Crippen molar-refractivity contribution >= 4 is 21.6 Å². The van der Waals surface area contributed by atoms with E-state index in [-0.39, 0.29) is 0 Å². The fourth-order valence-electron chi connectivity index (χ4n) is 0.719. The maximum atomic E-state index is 10.2. The van der Waals surface area contributed by atoms with Crippen molar-refractivity contribution in [2.45, 2.75) is 0 Å². The molecule has 0 bridgehead atoms. The summed E-state index contributed by atoms with van der Waals surface area (Å²) in [6, 6.07) is 8.30. The zero-order valence-corrected chi connectivity index (χ0v) is 10.4. The maximum Gasteiger partial charge on any atom is 0.478 e. The van der Waals surface area contributed by atoms with Gasteiger partial charge in [-0.1, -0.05) is 18.2 Å². The van der Waals surface area contributed by atoms with Crippen LogP contribution < -0.4 is 0 Å². The minimum Gasteiger partial charge on any atom is -0.478 e. The first-order chi connectivity index (χ1) is 8.01. The molecule has 11 heteroatoms. The largest absolute Gasteiger partial charge is 0.478 e. The van der Waals surface area contributed by atoms with Gasteiger partial charge in [0.2, 0.25) is 0 Å². The summed E-state index contributed by atoms with van der Waals surface area (Å²) in [4.78, 5) is 41.2. The number of carboxylic acid groups (broad SMARTS) is 1. The lowest BCUT2D eigenvalue weighted by Gasteiger charge is -2.03. The number of phosphoric acid groups is 2. The molecule has 0 heterocycles. The summed E-state index contributed by atoms with van der Waals surface area (Å²) in [5, 5.41) is 8.38. The molecule has 0 amide bonds. The highest BCUT2D eigenvalue weighted by Gasteiger charge is 2.27. The summed E-state index contributed by atoms with van der Waals surface area (Å²) >= 11 is 0. The first-order valence-corrected chi connectivity index (χ1v) is 7.18. The minimum atomic E-state index is -5.05. The van der Waals surface area contributed by atoms with Gasteiger partial charge in [-0.3, -0.25) is 0 Å². The topological polar surface area (TPSA) is 162 Å². The average Bonchev–Trinajstić information content (AvgIpc) is 2.14. The molecule has 0 saturated carbocycles. The predicted octanol–water partition coefficient (Wildman–Crippen LogP) is 0.573. The lowest BCUT2D eigenvalue weighted by molar-refractivity contribution is 0.0696. The van der Waals surface area contributed by atoms with E-state index in [4.69, 9.17) is 24.7 Å². The van der Waals surface area contributed by atoms with Crippen LogP contribution in [0.15, 0.2) is 30.3 Å². The molecule has 5 N–H and O–H groups in total. The van der Waals surface area contributed by atoms with Crippen LogP contribution in [0, 0.1) is 0 Å². The Balaban J connectivity index is 0.000000321. The highest BCUT2D eigenvalue weighted by Crippen LogP contribution is 2.53. The lowest BCUT2D eigenvalue weighted by atomic mass is 10.2. The zero-order valence-electron chi connectivity index (χ0n) is 8.65. The molecule has 1 rings (SSSR count). The number of aromatic carboxylic acids is 1. The standard InChI is InChI=1S/C7H6O2.H4O7P2/c8-7(9)6-4-2-1-3-5-6;1-8(2,3)7-9(4,5)6/h1-5H,(H,8,9);(H2,1,2,3)(H2,4,5,6). The molecular weight excluding hydrogens is 290 g/mol. The predicted molar refractivity (Wildman–Crippen MR) is 58.6 cm³/mol. The second-order valence-corrected chi connectivity index (χ2v) is 5.35. The molecule has 0 aliphatic carbocycles. The van der Waals surface area contributed by atoms with Crippen molar-refractivity contribution in [3.8, 4) is 0 Å². The number of benzene rings is 1. The molecule has 0 radical (unpaired) electrons. The Kier molecular flexibility index (Phi) is 6.37. The number of hydrogen-bond acceptors (Lipinski definition) is 4. The van der Waals surface area contributed by atoms with E-state index >= 15 is 0 Å². The second-order valence-electron chi connectivity index (χ2n) is 2.73.